The van der Waals surface area contributed by atoms with Crippen LogP contribution in [0.15, 0.2) is 55.0 Å². The van der Waals surface area contributed by atoms with E-state index in [1.54, 1.807) is 29.1 Å². The molecule has 0 saturated heterocycles. The highest BCUT2D eigenvalue weighted by atomic mass is 35.5. The van der Waals surface area contributed by atoms with Gasteiger partial charge in [0, 0.05) is 11.1 Å². The van der Waals surface area contributed by atoms with E-state index in [0.717, 1.165) is 5.69 Å². The highest BCUT2D eigenvalue weighted by molar-refractivity contribution is 6.30. The van der Waals surface area contributed by atoms with Gasteiger partial charge in [-0.1, -0.05) is 17.7 Å². The number of benzene rings is 2. The van der Waals surface area contributed by atoms with Gasteiger partial charge in [0.25, 0.3) is 0 Å². The lowest BCUT2D eigenvalue weighted by molar-refractivity contribution is 0.451. The second-order valence-corrected chi connectivity index (χ2v) is 6.36. The number of phenolic OH excluding ortho intramolecular Hbond substituents is 2. The van der Waals surface area contributed by atoms with Crippen LogP contribution in [0.1, 0.15) is 0 Å². The quantitative estimate of drug-likeness (QED) is 0.489. The van der Waals surface area contributed by atoms with Crippen LogP contribution in [0.5, 0.6) is 11.5 Å². The first kappa shape index (κ1) is 15.6. The molecule has 0 amide bonds. The van der Waals surface area contributed by atoms with Gasteiger partial charge in [0.15, 0.2) is 17.1 Å². The number of hydrogen-bond donors (Lipinski definition) is 2. The van der Waals surface area contributed by atoms with Gasteiger partial charge >= 0.3 is 0 Å². The lowest BCUT2D eigenvalue weighted by atomic mass is 10.2. The van der Waals surface area contributed by atoms with Gasteiger partial charge in [-0.25, -0.2) is 19.2 Å². The van der Waals surface area contributed by atoms with Crippen molar-refractivity contribution in [2.75, 3.05) is 0 Å². The van der Waals surface area contributed by atoms with E-state index < -0.39 is 0 Å². The van der Waals surface area contributed by atoms with Crippen LogP contribution in [-0.4, -0.2) is 39.6 Å². The molecule has 3 aromatic heterocycles. The minimum absolute atomic E-state index is 0.0353. The summed E-state index contributed by atoms with van der Waals surface area (Å²) < 4.78 is 3.20. The zero-order valence-corrected chi connectivity index (χ0v) is 14.4. The van der Waals surface area contributed by atoms with Crippen LogP contribution in [-0.2, 0) is 0 Å². The third-order valence-corrected chi connectivity index (χ3v) is 4.42. The lowest BCUT2D eigenvalue weighted by Gasteiger charge is -2.02. The van der Waals surface area contributed by atoms with E-state index in [-0.39, 0.29) is 11.5 Å². The van der Waals surface area contributed by atoms with E-state index in [1.165, 1.54) is 23.0 Å². The Morgan fingerprint density at radius 3 is 2.70 bits per heavy atom. The molecule has 8 nitrogen and oxygen atoms in total. The van der Waals surface area contributed by atoms with Crippen LogP contribution < -0.4 is 0 Å². The number of nitrogens with zero attached hydrogens (tertiary/aromatic N) is 6. The van der Waals surface area contributed by atoms with Gasteiger partial charge in [0.1, 0.15) is 17.8 Å². The number of fused-ring (bicyclic) bond motifs is 3. The van der Waals surface area contributed by atoms with Gasteiger partial charge < -0.3 is 10.2 Å². The molecule has 0 aliphatic rings. The van der Waals surface area contributed by atoms with Crippen LogP contribution >= 0.6 is 11.6 Å². The smallest absolute Gasteiger partial charge is 0.185 e. The minimum Gasteiger partial charge on any atom is -0.508 e. The van der Waals surface area contributed by atoms with Gasteiger partial charge in [-0.2, -0.15) is 5.10 Å². The molecular weight excluding hydrogens is 368 g/mol. The van der Waals surface area contributed by atoms with Crippen LogP contribution in [0.25, 0.3) is 33.8 Å². The largest absolute Gasteiger partial charge is 0.508 e. The molecule has 0 saturated carbocycles. The fourth-order valence-electron chi connectivity index (χ4n) is 2.94. The molecular formula is C18H11ClN6O2. The number of phenols is 2. The third kappa shape index (κ3) is 2.46. The van der Waals surface area contributed by atoms with Gasteiger partial charge in [-0.05, 0) is 30.3 Å². The molecule has 3 heterocycles. The molecule has 0 bridgehead atoms. The number of hydrogen-bond acceptors (Lipinski definition) is 6. The average Bonchev–Trinajstić information content (AvgIpc) is 3.25. The standard InChI is InChI=1S/C18H11ClN6O2/c19-10-2-1-3-11(6-10)25-17-14(8-21-25)18-22-16(23-24(18)9-20-17)13-5-4-12(26)7-15(13)27/h1-9,26-27H. The second-order valence-electron chi connectivity index (χ2n) is 5.92. The van der Waals surface area contributed by atoms with E-state index in [1.807, 2.05) is 12.1 Å². The summed E-state index contributed by atoms with van der Waals surface area (Å²) in [5, 5.41) is 29.6. The monoisotopic (exact) mass is 378 g/mol. The maximum atomic E-state index is 10.1. The molecule has 27 heavy (non-hydrogen) atoms. The molecule has 2 N–H and O–H groups in total. The van der Waals surface area contributed by atoms with Gasteiger partial charge in [0.2, 0.25) is 0 Å². The summed E-state index contributed by atoms with van der Waals surface area (Å²) in [6.07, 6.45) is 3.20. The van der Waals surface area contributed by atoms with Gasteiger partial charge in [0.05, 0.1) is 22.8 Å². The predicted octanol–water partition coefficient (Wildman–Crippen LogP) is 3.19. The van der Waals surface area contributed by atoms with Crippen LogP contribution in [0.3, 0.4) is 0 Å². The number of aromatic nitrogens is 6. The van der Waals surface area contributed by atoms with Gasteiger partial charge in [-0.3, -0.25) is 0 Å². The summed E-state index contributed by atoms with van der Waals surface area (Å²) >= 11 is 6.08. The Balaban J connectivity index is 1.71. The van der Waals surface area contributed by atoms with Crippen molar-refractivity contribution in [2.24, 2.45) is 0 Å². The normalized spacial score (nSPS) is 11.4. The van der Waals surface area contributed by atoms with Crippen molar-refractivity contribution >= 4 is 28.3 Å². The molecule has 0 aliphatic carbocycles. The first-order chi connectivity index (χ1) is 13.1. The van der Waals surface area contributed by atoms with Crippen molar-refractivity contribution in [1.29, 1.82) is 0 Å². The van der Waals surface area contributed by atoms with E-state index >= 15 is 0 Å². The molecule has 5 rings (SSSR count). The molecule has 0 aliphatic heterocycles. The Bertz CT molecular complexity index is 1330. The van der Waals surface area contributed by atoms with Crippen molar-refractivity contribution in [2.45, 2.75) is 0 Å². The Labute approximate surface area is 156 Å². The summed E-state index contributed by atoms with van der Waals surface area (Å²) in [4.78, 5) is 8.95. The zero-order valence-electron chi connectivity index (χ0n) is 13.7. The first-order valence-corrected chi connectivity index (χ1v) is 8.35. The van der Waals surface area contributed by atoms with Crippen LogP contribution in [0, 0.1) is 0 Å². The summed E-state index contributed by atoms with van der Waals surface area (Å²) in [6, 6.07) is 11.6. The van der Waals surface area contributed by atoms with E-state index in [9.17, 15) is 10.2 Å². The molecule has 5 aromatic rings. The maximum absolute atomic E-state index is 10.1. The average molecular weight is 379 g/mol. The second kappa shape index (κ2) is 5.68. The fourth-order valence-corrected chi connectivity index (χ4v) is 3.13. The topological polar surface area (TPSA) is 101 Å². The van der Waals surface area contributed by atoms with E-state index in [4.69, 9.17) is 11.6 Å². The van der Waals surface area contributed by atoms with Gasteiger partial charge in [-0.15, -0.1) is 5.10 Å². The van der Waals surface area contributed by atoms with Crippen molar-refractivity contribution in [3.63, 3.8) is 0 Å². The van der Waals surface area contributed by atoms with Crippen molar-refractivity contribution in [3.8, 4) is 28.6 Å². The van der Waals surface area contributed by atoms with Crippen LogP contribution in [0.2, 0.25) is 5.02 Å². The summed E-state index contributed by atoms with van der Waals surface area (Å²) in [7, 11) is 0. The SMILES string of the molecule is Oc1ccc(-c2nc3c4cnn(-c5cccc(Cl)c5)c4ncn3n2)c(O)c1. The van der Waals surface area contributed by atoms with Crippen molar-refractivity contribution < 1.29 is 10.2 Å². The van der Waals surface area contributed by atoms with Crippen molar-refractivity contribution in [1.82, 2.24) is 29.4 Å². The Hall–Kier alpha value is -3.65. The third-order valence-electron chi connectivity index (χ3n) is 4.18. The number of aromatic hydroxyl groups is 2. The lowest BCUT2D eigenvalue weighted by Crippen LogP contribution is -1.98. The van der Waals surface area contributed by atoms with E-state index in [0.29, 0.717) is 33.1 Å². The summed E-state index contributed by atoms with van der Waals surface area (Å²) in [5.41, 5.74) is 2.35. The number of halogens is 1. The molecule has 9 heteroatoms. The molecule has 0 fully saturated rings. The molecule has 0 unspecified atom stereocenters. The maximum Gasteiger partial charge on any atom is 0.185 e. The Morgan fingerprint density at radius 1 is 1.00 bits per heavy atom. The first-order valence-electron chi connectivity index (χ1n) is 7.97. The van der Waals surface area contributed by atoms with Crippen LogP contribution in [0.4, 0.5) is 0 Å². The molecule has 2 aromatic carbocycles. The molecule has 132 valence electrons. The highest BCUT2D eigenvalue weighted by Gasteiger charge is 2.16. The number of rotatable bonds is 2. The zero-order chi connectivity index (χ0) is 18.5. The Kier molecular flexibility index (Phi) is 3.28. The molecule has 0 radical (unpaired) electrons. The Morgan fingerprint density at radius 2 is 1.89 bits per heavy atom. The summed E-state index contributed by atoms with van der Waals surface area (Å²) in [5.74, 6) is 0.175. The van der Waals surface area contributed by atoms with E-state index in [2.05, 4.69) is 20.2 Å². The minimum atomic E-state index is -0.107. The highest BCUT2D eigenvalue weighted by Crippen LogP contribution is 2.31. The molecule has 0 atom stereocenters. The predicted molar refractivity (Wildman–Crippen MR) is 99.2 cm³/mol. The molecule has 0 spiro atoms. The van der Waals surface area contributed by atoms with Crippen molar-refractivity contribution in [3.05, 3.63) is 60.0 Å². The summed E-state index contributed by atoms with van der Waals surface area (Å²) in [6.45, 7) is 0. The fraction of sp³-hybridized carbons (Fsp3) is 0.